The molecule has 0 saturated heterocycles. The second kappa shape index (κ2) is 7.99. The minimum atomic E-state index is 0.621. The Morgan fingerprint density at radius 1 is 1.19 bits per heavy atom. The van der Waals surface area contributed by atoms with E-state index in [1.165, 1.54) is 0 Å². The van der Waals surface area contributed by atoms with E-state index in [4.69, 9.17) is 15.0 Å². The van der Waals surface area contributed by atoms with Crippen LogP contribution in [0.25, 0.3) is 33.1 Å². The van der Waals surface area contributed by atoms with Crippen LogP contribution in [0.5, 0.6) is 5.75 Å². The average Bonchev–Trinajstić information content (AvgIpc) is 3.28. The van der Waals surface area contributed by atoms with Crippen LogP contribution in [0, 0.1) is 20.8 Å². The molecule has 0 spiro atoms. The van der Waals surface area contributed by atoms with Crippen molar-refractivity contribution in [2.75, 3.05) is 19.5 Å². The monoisotopic (exact) mass is 433 g/mol. The van der Waals surface area contributed by atoms with E-state index >= 15 is 0 Å². The summed E-state index contributed by atoms with van der Waals surface area (Å²) >= 11 is 0. The van der Waals surface area contributed by atoms with Crippen molar-refractivity contribution in [3.8, 4) is 16.9 Å². The first-order chi connectivity index (χ1) is 15.2. The topological polar surface area (TPSA) is 127 Å². The highest BCUT2D eigenvalue weighted by Crippen LogP contribution is 2.40. The third-order valence-corrected chi connectivity index (χ3v) is 5.52. The molecule has 0 aliphatic carbocycles. The van der Waals surface area contributed by atoms with Crippen LogP contribution in [-0.2, 0) is 0 Å². The zero-order valence-corrected chi connectivity index (χ0v) is 19.3. The molecule has 0 bridgehead atoms. The number of aromatic nitrogens is 4. The molecular weight excluding hydrogens is 406 g/mol. The number of hydrogen-bond acceptors (Lipinski definition) is 8. The van der Waals surface area contributed by atoms with Gasteiger partial charge >= 0.3 is 0 Å². The van der Waals surface area contributed by atoms with Crippen molar-refractivity contribution >= 4 is 33.5 Å². The van der Waals surface area contributed by atoms with E-state index in [1.54, 1.807) is 14.2 Å². The van der Waals surface area contributed by atoms with Crippen molar-refractivity contribution in [2.45, 2.75) is 34.6 Å². The number of hydrogen-bond donors (Lipinski definition) is 3. The van der Waals surface area contributed by atoms with Gasteiger partial charge in [-0.15, -0.1) is 0 Å². The van der Waals surface area contributed by atoms with Crippen molar-refractivity contribution in [2.24, 2.45) is 10.7 Å². The quantitative estimate of drug-likeness (QED) is 0.398. The number of anilines is 1. The number of aliphatic imine (C=N–C) groups is 1. The number of benzene rings is 1. The number of methoxy groups -OCH3 is 1. The second-order valence-corrected chi connectivity index (χ2v) is 7.76. The first-order valence-electron chi connectivity index (χ1n) is 10.2. The second-order valence-electron chi connectivity index (χ2n) is 7.76. The minimum absolute atomic E-state index is 0.621. The van der Waals surface area contributed by atoms with Crippen molar-refractivity contribution in [1.82, 2.24) is 20.1 Å². The van der Waals surface area contributed by atoms with Crippen LogP contribution in [0.3, 0.4) is 0 Å². The maximum Gasteiger partial charge on any atom is 0.144 e. The fraction of sp³-hybridized carbons (Fsp3) is 0.304. The van der Waals surface area contributed by atoms with E-state index in [1.807, 2.05) is 46.8 Å². The Balaban J connectivity index is 2.00. The van der Waals surface area contributed by atoms with Gasteiger partial charge in [0.05, 0.1) is 35.2 Å². The molecule has 9 nitrogen and oxygen atoms in total. The van der Waals surface area contributed by atoms with Crippen LogP contribution in [0.2, 0.25) is 0 Å². The van der Waals surface area contributed by atoms with Crippen LogP contribution in [0.15, 0.2) is 33.0 Å². The van der Waals surface area contributed by atoms with Crippen molar-refractivity contribution in [3.63, 3.8) is 0 Å². The van der Waals surface area contributed by atoms with Crippen molar-refractivity contribution in [3.05, 3.63) is 40.8 Å². The van der Waals surface area contributed by atoms with Gasteiger partial charge in [0.1, 0.15) is 28.8 Å². The molecule has 4 aromatic rings. The highest BCUT2D eigenvalue weighted by molar-refractivity contribution is 6.14. The number of H-pyrrole nitrogens is 1. The normalized spacial score (nSPS) is 13.0. The molecule has 4 rings (SSSR count). The molecule has 0 amide bonds. The lowest BCUT2D eigenvalue weighted by Crippen LogP contribution is -2.16. The summed E-state index contributed by atoms with van der Waals surface area (Å²) in [5, 5.41) is 9.24. The molecule has 0 atom stereocenters. The molecular formula is C23H27N7O2. The van der Waals surface area contributed by atoms with Gasteiger partial charge in [0, 0.05) is 29.2 Å². The zero-order chi connectivity index (χ0) is 23.2. The van der Waals surface area contributed by atoms with E-state index < -0.39 is 0 Å². The molecule has 166 valence electrons. The number of nitrogens with one attached hydrogen (secondary N) is 2. The van der Waals surface area contributed by atoms with Gasteiger partial charge in [-0.2, -0.15) is 0 Å². The lowest BCUT2D eigenvalue weighted by atomic mass is 10.0. The first-order valence-corrected chi connectivity index (χ1v) is 10.2. The van der Waals surface area contributed by atoms with Crippen LogP contribution in [-0.4, -0.2) is 40.0 Å². The molecule has 32 heavy (non-hydrogen) atoms. The van der Waals surface area contributed by atoms with E-state index in [0.29, 0.717) is 28.7 Å². The fourth-order valence-corrected chi connectivity index (χ4v) is 3.96. The SMILES string of the molecule is CN=C(C)C(Nc1nc(C)nc2[nH]c3cc(-c4c(C)noc4C)c(OC)cc3c12)=C(C)N. The number of fused-ring (bicyclic) bond motifs is 3. The number of aromatic amines is 1. The largest absolute Gasteiger partial charge is 0.496 e. The van der Waals surface area contributed by atoms with Crippen LogP contribution >= 0.6 is 0 Å². The smallest absolute Gasteiger partial charge is 0.144 e. The molecule has 4 N–H and O–H groups in total. The number of rotatable bonds is 5. The van der Waals surface area contributed by atoms with Gasteiger partial charge in [-0.25, -0.2) is 9.97 Å². The molecule has 1 aromatic carbocycles. The number of aryl methyl sites for hydroxylation is 3. The highest BCUT2D eigenvalue weighted by atomic mass is 16.5. The molecule has 0 aliphatic heterocycles. The van der Waals surface area contributed by atoms with Gasteiger partial charge in [0.15, 0.2) is 0 Å². The summed E-state index contributed by atoms with van der Waals surface area (Å²) in [6.07, 6.45) is 0. The molecule has 0 unspecified atom stereocenters. The summed E-state index contributed by atoms with van der Waals surface area (Å²) in [5.74, 6) is 2.71. The maximum absolute atomic E-state index is 6.13. The van der Waals surface area contributed by atoms with Crippen LogP contribution < -0.4 is 15.8 Å². The number of allylic oxidation sites excluding steroid dienone is 2. The van der Waals surface area contributed by atoms with Crippen molar-refractivity contribution < 1.29 is 9.26 Å². The molecule has 0 aliphatic rings. The summed E-state index contributed by atoms with van der Waals surface area (Å²) in [5.41, 5.74) is 12.5. The standard InChI is InChI=1S/C23H27N7O2/c1-10(24)21(12(3)25-6)29-23-20-15-9-18(31-7)16(19-11(2)30-32-13(19)4)8-17(15)28-22(20)26-14(5)27-23/h8-9H,24H2,1-7H3,(H2,26,27,28,29). The van der Waals surface area contributed by atoms with E-state index in [2.05, 4.69) is 30.4 Å². The van der Waals surface area contributed by atoms with Crippen LogP contribution in [0.4, 0.5) is 5.82 Å². The predicted molar refractivity (Wildman–Crippen MR) is 127 cm³/mol. The van der Waals surface area contributed by atoms with E-state index in [9.17, 15) is 0 Å². The van der Waals surface area contributed by atoms with Gasteiger partial charge in [-0.1, -0.05) is 5.16 Å². The van der Waals surface area contributed by atoms with Crippen molar-refractivity contribution in [1.29, 1.82) is 0 Å². The Bertz CT molecular complexity index is 1390. The van der Waals surface area contributed by atoms with Gasteiger partial charge in [0.2, 0.25) is 0 Å². The molecule has 3 heterocycles. The number of nitrogens with zero attached hydrogens (tertiary/aromatic N) is 4. The Hall–Kier alpha value is -3.88. The summed E-state index contributed by atoms with van der Waals surface area (Å²) in [6.45, 7) is 9.39. The summed E-state index contributed by atoms with van der Waals surface area (Å²) in [7, 11) is 3.38. The number of nitrogens with two attached hydrogens (primary N) is 1. The fourth-order valence-electron chi connectivity index (χ4n) is 3.96. The first kappa shape index (κ1) is 21.4. The lowest BCUT2D eigenvalue weighted by Gasteiger charge is -2.14. The van der Waals surface area contributed by atoms with Gasteiger partial charge in [0.25, 0.3) is 0 Å². The van der Waals surface area contributed by atoms with Gasteiger partial charge < -0.3 is 25.3 Å². The minimum Gasteiger partial charge on any atom is -0.496 e. The highest BCUT2D eigenvalue weighted by Gasteiger charge is 2.21. The molecule has 9 heteroatoms. The average molecular weight is 434 g/mol. The Labute approximate surface area is 185 Å². The molecule has 0 radical (unpaired) electrons. The molecule has 3 aromatic heterocycles. The third kappa shape index (κ3) is 3.45. The van der Waals surface area contributed by atoms with Crippen LogP contribution in [0.1, 0.15) is 31.1 Å². The third-order valence-electron chi connectivity index (χ3n) is 5.52. The van der Waals surface area contributed by atoms with E-state index in [-0.39, 0.29) is 0 Å². The van der Waals surface area contributed by atoms with E-state index in [0.717, 1.165) is 50.3 Å². The predicted octanol–water partition coefficient (Wildman–Crippen LogP) is 4.39. The zero-order valence-electron chi connectivity index (χ0n) is 19.3. The molecule has 0 fully saturated rings. The van der Waals surface area contributed by atoms with Gasteiger partial charge in [-0.05, 0) is 46.8 Å². The summed E-state index contributed by atoms with van der Waals surface area (Å²) in [6, 6.07) is 4.02. The molecule has 0 saturated carbocycles. The maximum atomic E-state index is 6.13. The lowest BCUT2D eigenvalue weighted by molar-refractivity contribution is 0.393. The summed E-state index contributed by atoms with van der Waals surface area (Å²) < 4.78 is 11.1. The summed E-state index contributed by atoms with van der Waals surface area (Å²) in [4.78, 5) is 17.0. The Kier molecular flexibility index (Phi) is 5.33. The Morgan fingerprint density at radius 2 is 1.94 bits per heavy atom. The Morgan fingerprint density at radius 3 is 2.53 bits per heavy atom. The number of ether oxygens (including phenoxy) is 1. The van der Waals surface area contributed by atoms with Gasteiger partial charge in [-0.3, -0.25) is 4.99 Å².